The highest BCUT2D eigenvalue weighted by Crippen LogP contribution is 2.12. The van der Waals surface area contributed by atoms with E-state index in [9.17, 15) is 4.79 Å². The molecule has 0 saturated heterocycles. The molecule has 2 rings (SSSR count). The van der Waals surface area contributed by atoms with Gasteiger partial charge in [0.15, 0.2) is 5.69 Å². The Morgan fingerprint density at radius 2 is 2.41 bits per heavy atom. The summed E-state index contributed by atoms with van der Waals surface area (Å²) in [6.45, 7) is 0.830. The first-order chi connectivity index (χ1) is 8.22. The van der Waals surface area contributed by atoms with Crippen molar-refractivity contribution in [3.8, 4) is 0 Å². The number of aromatic nitrogens is 4. The minimum atomic E-state index is -1.08. The van der Waals surface area contributed by atoms with Gasteiger partial charge >= 0.3 is 5.97 Å². The van der Waals surface area contributed by atoms with E-state index in [1.807, 2.05) is 0 Å². The molecule has 0 saturated carbocycles. The highest BCUT2D eigenvalue weighted by molar-refractivity contribution is 7.09. The Morgan fingerprint density at radius 1 is 1.59 bits per heavy atom. The van der Waals surface area contributed by atoms with Gasteiger partial charge in [0.1, 0.15) is 0 Å². The van der Waals surface area contributed by atoms with Crippen molar-refractivity contribution in [1.29, 1.82) is 0 Å². The van der Waals surface area contributed by atoms with Crippen LogP contribution in [0.15, 0.2) is 11.7 Å². The van der Waals surface area contributed by atoms with Crippen LogP contribution in [0, 0.1) is 0 Å². The maximum Gasteiger partial charge on any atom is 0.358 e. The fraction of sp³-hybridized carbons (Fsp3) is 0.333. The van der Waals surface area contributed by atoms with E-state index >= 15 is 0 Å². The third-order valence-electron chi connectivity index (χ3n) is 2.21. The van der Waals surface area contributed by atoms with Crippen LogP contribution >= 0.6 is 11.3 Å². The lowest BCUT2D eigenvalue weighted by atomic mass is 10.2. The molecule has 0 aliphatic rings. The Hall–Kier alpha value is -1.80. The number of hydrogen-bond donors (Lipinski definition) is 2. The average molecular weight is 253 g/mol. The van der Waals surface area contributed by atoms with E-state index in [-0.39, 0.29) is 5.69 Å². The second-order valence-corrected chi connectivity index (χ2v) is 4.32. The molecular weight excluding hydrogens is 242 g/mol. The molecule has 2 heterocycles. The van der Waals surface area contributed by atoms with Crippen molar-refractivity contribution in [2.75, 3.05) is 6.54 Å². The van der Waals surface area contributed by atoms with Crippen LogP contribution < -0.4 is 5.73 Å². The SMILES string of the molecule is NCCc1c(C(=O)O)nnn1Cc1cncs1. The summed E-state index contributed by atoms with van der Waals surface area (Å²) in [7, 11) is 0. The molecule has 0 radical (unpaired) electrons. The van der Waals surface area contributed by atoms with E-state index in [0.717, 1.165) is 4.88 Å². The maximum atomic E-state index is 10.9. The zero-order valence-corrected chi connectivity index (χ0v) is 9.72. The van der Waals surface area contributed by atoms with Crippen molar-refractivity contribution in [1.82, 2.24) is 20.0 Å². The molecule has 7 nitrogen and oxygen atoms in total. The van der Waals surface area contributed by atoms with Crippen molar-refractivity contribution >= 4 is 17.3 Å². The van der Waals surface area contributed by atoms with Gasteiger partial charge in [-0.2, -0.15) is 0 Å². The smallest absolute Gasteiger partial charge is 0.358 e. The fourth-order valence-electron chi connectivity index (χ4n) is 1.48. The first-order valence-electron chi connectivity index (χ1n) is 4.95. The van der Waals surface area contributed by atoms with Gasteiger partial charge in [0.05, 0.1) is 17.7 Å². The quantitative estimate of drug-likeness (QED) is 0.775. The average Bonchev–Trinajstić information content (AvgIpc) is 2.90. The molecule has 0 aromatic carbocycles. The number of hydrogen-bond acceptors (Lipinski definition) is 6. The van der Waals surface area contributed by atoms with Gasteiger partial charge in [-0.25, -0.2) is 9.48 Å². The number of thiazole rings is 1. The van der Waals surface area contributed by atoms with Crippen LogP contribution in [0.2, 0.25) is 0 Å². The van der Waals surface area contributed by atoms with Crippen LogP contribution in [-0.2, 0) is 13.0 Å². The van der Waals surface area contributed by atoms with Gasteiger partial charge in [-0.05, 0) is 6.54 Å². The Morgan fingerprint density at radius 3 is 3.00 bits per heavy atom. The maximum absolute atomic E-state index is 10.9. The normalized spacial score (nSPS) is 10.6. The highest BCUT2D eigenvalue weighted by Gasteiger charge is 2.18. The molecule has 2 aromatic rings. The highest BCUT2D eigenvalue weighted by atomic mass is 32.1. The summed E-state index contributed by atoms with van der Waals surface area (Å²) in [4.78, 5) is 15.9. The molecule has 0 spiro atoms. The molecule has 3 N–H and O–H groups in total. The number of aromatic carboxylic acids is 1. The summed E-state index contributed by atoms with van der Waals surface area (Å²) in [5.74, 6) is -1.08. The van der Waals surface area contributed by atoms with Crippen LogP contribution in [0.4, 0.5) is 0 Å². The van der Waals surface area contributed by atoms with Crippen molar-refractivity contribution < 1.29 is 9.90 Å². The molecule has 0 atom stereocenters. The van der Waals surface area contributed by atoms with Gasteiger partial charge in [-0.1, -0.05) is 5.21 Å². The number of carboxylic acids is 1. The predicted molar refractivity (Wildman–Crippen MR) is 61.0 cm³/mol. The van der Waals surface area contributed by atoms with Gasteiger partial charge in [0, 0.05) is 17.5 Å². The lowest BCUT2D eigenvalue weighted by Crippen LogP contribution is -2.13. The minimum absolute atomic E-state index is 0.0278. The topological polar surface area (TPSA) is 107 Å². The van der Waals surface area contributed by atoms with Gasteiger partial charge in [0.2, 0.25) is 0 Å². The van der Waals surface area contributed by atoms with Crippen LogP contribution in [0.25, 0.3) is 0 Å². The Kier molecular flexibility index (Phi) is 3.45. The van der Waals surface area contributed by atoms with Crippen LogP contribution in [0.1, 0.15) is 21.1 Å². The predicted octanol–water partition coefficient (Wildman–Crippen LogP) is -0.0177. The third-order valence-corrected chi connectivity index (χ3v) is 2.97. The van der Waals surface area contributed by atoms with E-state index in [1.165, 1.54) is 11.3 Å². The number of carbonyl (C=O) groups is 1. The standard InChI is InChI=1S/C9H11N5O2S/c10-2-1-7-8(9(15)16)12-13-14(7)4-6-3-11-5-17-6/h3,5H,1-2,4,10H2,(H,15,16). The second kappa shape index (κ2) is 5.02. The van der Waals surface area contributed by atoms with Gasteiger partial charge < -0.3 is 10.8 Å². The van der Waals surface area contributed by atoms with E-state index in [2.05, 4.69) is 15.3 Å². The Labute approximate surface area is 101 Å². The fourth-order valence-corrected chi connectivity index (χ4v) is 2.05. The molecule has 0 fully saturated rings. The van der Waals surface area contributed by atoms with E-state index in [4.69, 9.17) is 10.8 Å². The lowest BCUT2D eigenvalue weighted by Gasteiger charge is -2.03. The van der Waals surface area contributed by atoms with Gasteiger partial charge in [-0.3, -0.25) is 4.98 Å². The number of rotatable bonds is 5. The largest absolute Gasteiger partial charge is 0.476 e. The minimum Gasteiger partial charge on any atom is -0.476 e. The zero-order chi connectivity index (χ0) is 12.3. The molecule has 8 heteroatoms. The summed E-state index contributed by atoms with van der Waals surface area (Å²) < 4.78 is 1.56. The Balaban J connectivity index is 2.30. The third kappa shape index (κ3) is 2.48. The second-order valence-electron chi connectivity index (χ2n) is 3.35. The number of carboxylic acid groups (broad SMARTS) is 1. The molecule has 0 unspecified atom stereocenters. The zero-order valence-electron chi connectivity index (χ0n) is 8.91. The molecule has 0 amide bonds. The molecular formula is C9H11N5O2S. The lowest BCUT2D eigenvalue weighted by molar-refractivity contribution is 0.0689. The van der Waals surface area contributed by atoms with Gasteiger partial charge in [0.25, 0.3) is 0 Å². The molecule has 2 aromatic heterocycles. The molecule has 0 aliphatic carbocycles. The summed E-state index contributed by atoms with van der Waals surface area (Å²) in [6.07, 6.45) is 2.16. The molecule has 0 aliphatic heterocycles. The van der Waals surface area contributed by atoms with E-state index < -0.39 is 5.97 Å². The Bertz CT molecular complexity index is 507. The van der Waals surface area contributed by atoms with Crippen LogP contribution in [-0.4, -0.2) is 37.6 Å². The summed E-state index contributed by atoms with van der Waals surface area (Å²) in [5, 5.41) is 16.5. The molecule has 0 bridgehead atoms. The summed E-state index contributed by atoms with van der Waals surface area (Å²) >= 11 is 1.48. The van der Waals surface area contributed by atoms with Crippen LogP contribution in [0.5, 0.6) is 0 Å². The van der Waals surface area contributed by atoms with Crippen molar-refractivity contribution in [2.45, 2.75) is 13.0 Å². The summed E-state index contributed by atoms with van der Waals surface area (Å²) in [6, 6.07) is 0. The van der Waals surface area contributed by atoms with Crippen molar-refractivity contribution in [2.24, 2.45) is 5.73 Å². The van der Waals surface area contributed by atoms with Gasteiger partial charge in [-0.15, -0.1) is 16.4 Å². The number of nitrogens with two attached hydrogens (primary N) is 1. The monoisotopic (exact) mass is 253 g/mol. The molecule has 17 heavy (non-hydrogen) atoms. The first kappa shape index (κ1) is 11.7. The van der Waals surface area contributed by atoms with Crippen molar-refractivity contribution in [3.63, 3.8) is 0 Å². The number of nitrogens with zero attached hydrogens (tertiary/aromatic N) is 4. The summed E-state index contributed by atoms with van der Waals surface area (Å²) in [5.41, 5.74) is 7.70. The van der Waals surface area contributed by atoms with E-state index in [0.29, 0.717) is 25.2 Å². The first-order valence-corrected chi connectivity index (χ1v) is 5.83. The van der Waals surface area contributed by atoms with Crippen molar-refractivity contribution in [3.05, 3.63) is 28.0 Å². The van der Waals surface area contributed by atoms with E-state index in [1.54, 1.807) is 16.4 Å². The van der Waals surface area contributed by atoms with Crippen LogP contribution in [0.3, 0.4) is 0 Å². The molecule has 90 valence electrons.